The first-order chi connectivity index (χ1) is 15.5. The van der Waals surface area contributed by atoms with Crippen LogP contribution in [0.3, 0.4) is 0 Å². The molecule has 0 amide bonds. The van der Waals surface area contributed by atoms with Crippen molar-refractivity contribution in [3.05, 3.63) is 53.6 Å². The van der Waals surface area contributed by atoms with Gasteiger partial charge in [-0.3, -0.25) is 0 Å². The van der Waals surface area contributed by atoms with Gasteiger partial charge < -0.3 is 18.9 Å². The van der Waals surface area contributed by atoms with E-state index in [1.165, 1.54) is 10.4 Å². The number of benzene rings is 2. The molecule has 0 unspecified atom stereocenters. The van der Waals surface area contributed by atoms with Crippen LogP contribution < -0.4 is 9.47 Å². The van der Waals surface area contributed by atoms with Crippen molar-refractivity contribution in [1.29, 1.82) is 0 Å². The summed E-state index contributed by atoms with van der Waals surface area (Å²) in [6.45, 7) is 6.19. The molecule has 2 aromatic carbocycles. The highest BCUT2D eigenvalue weighted by atomic mass is 32.2. The molecule has 2 aromatic rings. The molecule has 3 rings (SSSR count). The maximum Gasteiger partial charge on any atom is 0.338 e. The Hall–Kier alpha value is -2.62. The van der Waals surface area contributed by atoms with Gasteiger partial charge in [0.05, 0.1) is 36.9 Å². The van der Waals surface area contributed by atoms with Crippen LogP contribution in [0.15, 0.2) is 47.4 Å². The summed E-state index contributed by atoms with van der Waals surface area (Å²) < 4.78 is 49.0. The van der Waals surface area contributed by atoms with Gasteiger partial charge in [-0.25, -0.2) is 13.2 Å². The Kier molecular flexibility index (Phi) is 8.49. The number of carbonyl (C=O) groups is 1. The number of sulfonamides is 1. The average molecular weight is 464 g/mol. The fraction of sp³-hybridized carbons (Fsp3) is 0.435. The quantitative estimate of drug-likeness (QED) is 0.500. The van der Waals surface area contributed by atoms with Crippen LogP contribution in [0.1, 0.15) is 36.2 Å². The zero-order valence-corrected chi connectivity index (χ0v) is 19.2. The zero-order chi connectivity index (χ0) is 23.0. The van der Waals surface area contributed by atoms with Crippen molar-refractivity contribution in [2.75, 3.05) is 39.5 Å². The van der Waals surface area contributed by atoms with E-state index in [0.29, 0.717) is 62.1 Å². The minimum absolute atomic E-state index is 0.0522. The number of hydrogen-bond acceptors (Lipinski definition) is 7. The molecule has 0 saturated carbocycles. The van der Waals surface area contributed by atoms with E-state index in [-0.39, 0.29) is 11.5 Å². The van der Waals surface area contributed by atoms with Gasteiger partial charge in [0.15, 0.2) is 11.5 Å². The highest BCUT2D eigenvalue weighted by Crippen LogP contribution is 2.29. The van der Waals surface area contributed by atoms with Crippen molar-refractivity contribution >= 4 is 16.0 Å². The smallest absolute Gasteiger partial charge is 0.338 e. The summed E-state index contributed by atoms with van der Waals surface area (Å²) in [4.78, 5) is 12.7. The first-order valence-corrected chi connectivity index (χ1v) is 12.1. The summed E-state index contributed by atoms with van der Waals surface area (Å²) in [7, 11) is -3.62. The molecular weight excluding hydrogens is 434 g/mol. The second-order valence-corrected chi connectivity index (χ2v) is 9.12. The Bertz CT molecular complexity index is 1020. The summed E-state index contributed by atoms with van der Waals surface area (Å²) in [5.41, 5.74) is 0.912. The molecule has 0 N–H and O–H groups in total. The molecule has 0 atom stereocenters. The highest BCUT2D eigenvalue weighted by molar-refractivity contribution is 7.89. The molecule has 0 radical (unpaired) electrons. The lowest BCUT2D eigenvalue weighted by Gasteiger charge is -2.26. The first-order valence-electron chi connectivity index (χ1n) is 10.7. The van der Waals surface area contributed by atoms with Gasteiger partial charge >= 0.3 is 5.97 Å². The second kappa shape index (κ2) is 11.3. The maximum absolute atomic E-state index is 12.8. The molecule has 0 bridgehead atoms. The molecule has 1 aliphatic rings. The number of hydrogen-bond donors (Lipinski definition) is 0. The van der Waals surface area contributed by atoms with E-state index in [9.17, 15) is 13.2 Å². The van der Waals surface area contributed by atoms with Gasteiger partial charge in [-0.15, -0.1) is 0 Å². The minimum atomic E-state index is -3.62. The van der Waals surface area contributed by atoms with Crippen molar-refractivity contribution in [2.45, 2.75) is 31.8 Å². The van der Waals surface area contributed by atoms with Gasteiger partial charge in [-0.05, 0) is 49.2 Å². The topological polar surface area (TPSA) is 91.4 Å². The van der Waals surface area contributed by atoms with Crippen molar-refractivity contribution in [3.63, 3.8) is 0 Å². The Morgan fingerprint density at radius 1 is 1.03 bits per heavy atom. The van der Waals surface area contributed by atoms with E-state index in [2.05, 4.69) is 0 Å². The summed E-state index contributed by atoms with van der Waals surface area (Å²) >= 11 is 0. The Morgan fingerprint density at radius 2 is 1.81 bits per heavy atom. The van der Waals surface area contributed by atoms with Crippen molar-refractivity contribution < 1.29 is 32.2 Å². The van der Waals surface area contributed by atoms with Crippen LogP contribution in [0.5, 0.6) is 11.5 Å². The number of carbonyl (C=O) groups excluding carboxylic acids is 1. The number of nitrogens with zero attached hydrogens (tertiary/aromatic N) is 1. The molecule has 0 aliphatic carbocycles. The standard InChI is InChI=1S/C23H29NO7S/c1-3-12-30-21-9-8-19(16-22(21)29-4-2)23(25)31-17-18-6-5-7-20(15-18)32(26,27)24-10-13-28-14-11-24/h5-9,15-16H,3-4,10-14,17H2,1-2H3. The molecule has 1 fully saturated rings. The van der Waals surface area contributed by atoms with Crippen LogP contribution >= 0.6 is 0 Å². The van der Waals surface area contributed by atoms with Gasteiger partial charge in [-0.2, -0.15) is 4.31 Å². The number of esters is 1. The van der Waals surface area contributed by atoms with Crippen LogP contribution in [0, 0.1) is 0 Å². The summed E-state index contributed by atoms with van der Waals surface area (Å²) in [6.07, 6.45) is 0.857. The predicted octanol–water partition coefficient (Wildman–Crippen LogP) is 3.25. The normalized spacial score (nSPS) is 14.7. The Balaban J connectivity index is 1.68. The number of ether oxygens (including phenoxy) is 4. The van der Waals surface area contributed by atoms with E-state index in [4.69, 9.17) is 18.9 Å². The van der Waals surface area contributed by atoms with E-state index in [0.717, 1.165) is 6.42 Å². The van der Waals surface area contributed by atoms with E-state index < -0.39 is 16.0 Å². The molecule has 1 heterocycles. The largest absolute Gasteiger partial charge is 0.490 e. The monoisotopic (exact) mass is 463 g/mol. The minimum Gasteiger partial charge on any atom is -0.490 e. The molecular formula is C23H29NO7S. The Morgan fingerprint density at radius 3 is 2.53 bits per heavy atom. The summed E-state index contributed by atoms with van der Waals surface area (Å²) in [5.74, 6) is 0.523. The molecule has 0 spiro atoms. The molecule has 1 saturated heterocycles. The number of rotatable bonds is 10. The van der Waals surface area contributed by atoms with Crippen molar-refractivity contribution in [1.82, 2.24) is 4.31 Å². The summed E-state index contributed by atoms with van der Waals surface area (Å²) in [6, 6.07) is 11.3. The average Bonchev–Trinajstić information content (AvgIpc) is 2.82. The van der Waals surface area contributed by atoms with Crippen LogP contribution in [-0.4, -0.2) is 58.2 Å². The SMILES string of the molecule is CCCOc1ccc(C(=O)OCc2cccc(S(=O)(=O)N3CCOCC3)c2)cc1OCC. The molecule has 1 aliphatic heterocycles. The predicted molar refractivity (Wildman–Crippen MR) is 119 cm³/mol. The third-order valence-corrected chi connectivity index (χ3v) is 6.71. The number of morpholine rings is 1. The molecule has 0 aromatic heterocycles. The Labute approximate surface area is 189 Å². The molecule has 9 heteroatoms. The van der Waals surface area contributed by atoms with Gasteiger partial charge in [0.25, 0.3) is 0 Å². The summed E-state index contributed by atoms with van der Waals surface area (Å²) in [5, 5.41) is 0. The third kappa shape index (κ3) is 5.99. The van der Waals surface area contributed by atoms with Crippen LogP contribution in [0.25, 0.3) is 0 Å². The maximum atomic E-state index is 12.8. The van der Waals surface area contributed by atoms with Gasteiger partial charge in [-0.1, -0.05) is 19.1 Å². The molecule has 174 valence electrons. The fourth-order valence-electron chi connectivity index (χ4n) is 3.20. The zero-order valence-electron chi connectivity index (χ0n) is 18.4. The van der Waals surface area contributed by atoms with Gasteiger partial charge in [0, 0.05) is 13.1 Å². The second-order valence-electron chi connectivity index (χ2n) is 7.18. The van der Waals surface area contributed by atoms with Crippen LogP contribution in [-0.2, 0) is 26.1 Å². The van der Waals surface area contributed by atoms with E-state index in [1.54, 1.807) is 36.4 Å². The highest BCUT2D eigenvalue weighted by Gasteiger charge is 2.26. The van der Waals surface area contributed by atoms with Gasteiger partial charge in [0.2, 0.25) is 10.0 Å². The first kappa shape index (κ1) is 24.0. The molecule has 32 heavy (non-hydrogen) atoms. The van der Waals surface area contributed by atoms with E-state index >= 15 is 0 Å². The van der Waals surface area contributed by atoms with Crippen molar-refractivity contribution in [2.24, 2.45) is 0 Å². The van der Waals surface area contributed by atoms with E-state index in [1.807, 2.05) is 13.8 Å². The van der Waals surface area contributed by atoms with Crippen LogP contribution in [0.2, 0.25) is 0 Å². The van der Waals surface area contributed by atoms with Crippen LogP contribution in [0.4, 0.5) is 0 Å². The lowest BCUT2D eigenvalue weighted by Crippen LogP contribution is -2.40. The lowest BCUT2D eigenvalue weighted by atomic mass is 10.2. The molecule has 8 nitrogen and oxygen atoms in total. The fourth-order valence-corrected chi connectivity index (χ4v) is 4.68. The van der Waals surface area contributed by atoms with Crippen molar-refractivity contribution in [3.8, 4) is 11.5 Å². The third-order valence-electron chi connectivity index (χ3n) is 4.82. The van der Waals surface area contributed by atoms with Gasteiger partial charge in [0.1, 0.15) is 6.61 Å². The lowest BCUT2D eigenvalue weighted by molar-refractivity contribution is 0.0472.